The van der Waals surface area contributed by atoms with Gasteiger partial charge in [0.05, 0.1) is 0 Å². The average molecular weight is 525 g/mol. The third-order valence-corrected chi connectivity index (χ3v) is 7.26. The highest BCUT2D eigenvalue weighted by Gasteiger charge is 2.26. The summed E-state index contributed by atoms with van der Waals surface area (Å²) in [5.41, 5.74) is 2.17. The van der Waals surface area contributed by atoms with E-state index in [1.165, 1.54) is 16.1 Å². The molecule has 0 aliphatic rings. The molecular weight excluding hydrogens is 488 g/mol. The maximum Gasteiger partial charge on any atom is 0.344 e. The molecule has 3 aromatic rings. The van der Waals surface area contributed by atoms with Gasteiger partial charge in [0, 0.05) is 25.5 Å². The zero-order chi connectivity index (χ0) is 27.3. The van der Waals surface area contributed by atoms with Crippen LogP contribution < -0.4 is 4.74 Å². The Morgan fingerprint density at radius 1 is 0.892 bits per heavy atom. The van der Waals surface area contributed by atoms with Crippen LogP contribution >= 0.6 is 0 Å². The second-order valence-corrected chi connectivity index (χ2v) is 12.9. The van der Waals surface area contributed by atoms with Crippen LogP contribution in [0, 0.1) is 0 Å². The van der Waals surface area contributed by atoms with Gasteiger partial charge >= 0.3 is 5.97 Å². The lowest BCUT2D eigenvalue weighted by Crippen LogP contribution is -2.30. The van der Waals surface area contributed by atoms with E-state index in [9.17, 15) is 13.2 Å². The normalized spacial score (nSPS) is 12.4. The number of rotatable bonds is 9. The van der Waals surface area contributed by atoms with Crippen molar-refractivity contribution in [2.24, 2.45) is 0 Å². The molecule has 0 N–H and O–H groups in total. The first kappa shape index (κ1) is 28.3. The summed E-state index contributed by atoms with van der Waals surface area (Å²) in [4.78, 5) is 16.2. The summed E-state index contributed by atoms with van der Waals surface area (Å²) in [6.07, 6.45) is 2.89. The molecule has 2 aromatic carbocycles. The molecular formula is C29H36N2O5S. The number of hydrogen-bond acceptors (Lipinski definition) is 6. The summed E-state index contributed by atoms with van der Waals surface area (Å²) in [6, 6.07) is 18.2. The minimum absolute atomic E-state index is 0.000253. The summed E-state index contributed by atoms with van der Waals surface area (Å²) < 4.78 is 39.5. The summed E-state index contributed by atoms with van der Waals surface area (Å²) in [5.74, 6) is -0.0194. The minimum atomic E-state index is -3.84. The van der Waals surface area contributed by atoms with Gasteiger partial charge in [-0.05, 0) is 67.1 Å². The summed E-state index contributed by atoms with van der Waals surface area (Å²) in [7, 11) is -3.84. The standard InChI is InChI=1S/C29H36N2O5S/c1-28(2,3)24-14-12-22(13-15-24)19-31(37(33,34)26-11-8-16-30-18-26)20-23-9-7-10-25(17-23)35-21-27(32)36-29(4,5)6/h7-18H,19-21H2,1-6H3. The Morgan fingerprint density at radius 3 is 2.16 bits per heavy atom. The molecule has 0 spiro atoms. The van der Waals surface area contributed by atoms with Gasteiger partial charge in [-0.2, -0.15) is 4.31 Å². The number of esters is 1. The van der Waals surface area contributed by atoms with Gasteiger partial charge in [-0.1, -0.05) is 57.2 Å². The lowest BCUT2D eigenvalue weighted by molar-refractivity contribution is -0.157. The molecule has 0 aliphatic heterocycles. The van der Waals surface area contributed by atoms with Crippen LogP contribution in [0.25, 0.3) is 0 Å². The Hall–Kier alpha value is -3.23. The molecule has 0 fully saturated rings. The van der Waals surface area contributed by atoms with Crippen molar-refractivity contribution in [1.82, 2.24) is 9.29 Å². The second kappa shape index (κ2) is 11.4. The van der Waals surface area contributed by atoms with Crippen molar-refractivity contribution in [2.45, 2.75) is 70.5 Å². The van der Waals surface area contributed by atoms with E-state index in [1.807, 2.05) is 30.3 Å². The van der Waals surface area contributed by atoms with E-state index in [0.29, 0.717) is 5.75 Å². The fourth-order valence-corrected chi connectivity index (χ4v) is 5.02. The zero-order valence-corrected chi connectivity index (χ0v) is 23.2. The molecule has 0 bridgehead atoms. The minimum Gasteiger partial charge on any atom is -0.482 e. The molecule has 8 heteroatoms. The van der Waals surface area contributed by atoms with Crippen LogP contribution in [0.1, 0.15) is 58.2 Å². The predicted molar refractivity (Wildman–Crippen MR) is 144 cm³/mol. The maximum absolute atomic E-state index is 13.6. The van der Waals surface area contributed by atoms with E-state index in [2.05, 4.69) is 25.8 Å². The summed E-state index contributed by atoms with van der Waals surface area (Å²) >= 11 is 0. The largest absolute Gasteiger partial charge is 0.482 e. The first-order valence-corrected chi connectivity index (χ1v) is 13.6. The third kappa shape index (κ3) is 8.40. The molecule has 0 radical (unpaired) electrons. The van der Waals surface area contributed by atoms with E-state index in [1.54, 1.807) is 57.3 Å². The van der Waals surface area contributed by atoms with Gasteiger partial charge in [0.1, 0.15) is 16.2 Å². The molecule has 0 saturated carbocycles. The molecule has 7 nitrogen and oxygen atoms in total. The maximum atomic E-state index is 13.6. The predicted octanol–water partition coefficient (Wildman–Crippen LogP) is 5.49. The highest BCUT2D eigenvalue weighted by atomic mass is 32.2. The number of carbonyl (C=O) groups excluding carboxylic acids is 1. The molecule has 198 valence electrons. The van der Waals surface area contributed by atoms with Gasteiger partial charge in [0.25, 0.3) is 0 Å². The van der Waals surface area contributed by atoms with Crippen LogP contribution in [0.4, 0.5) is 0 Å². The molecule has 0 aliphatic carbocycles. The number of aromatic nitrogens is 1. The van der Waals surface area contributed by atoms with E-state index < -0.39 is 21.6 Å². The van der Waals surface area contributed by atoms with Gasteiger partial charge in [-0.3, -0.25) is 4.98 Å². The molecule has 0 amide bonds. The van der Waals surface area contributed by atoms with Gasteiger partial charge in [0.15, 0.2) is 6.61 Å². The number of pyridine rings is 1. The fourth-order valence-electron chi connectivity index (χ4n) is 3.64. The summed E-state index contributed by atoms with van der Waals surface area (Å²) in [6.45, 7) is 11.8. The Balaban J connectivity index is 1.84. The highest BCUT2D eigenvalue weighted by molar-refractivity contribution is 7.89. The lowest BCUT2D eigenvalue weighted by atomic mass is 9.87. The molecule has 3 rings (SSSR count). The molecule has 1 heterocycles. The van der Waals surface area contributed by atoms with Crippen LogP contribution in [-0.4, -0.2) is 35.9 Å². The van der Waals surface area contributed by atoms with Crippen molar-refractivity contribution in [1.29, 1.82) is 0 Å². The molecule has 0 atom stereocenters. The van der Waals surface area contributed by atoms with Crippen molar-refractivity contribution in [2.75, 3.05) is 6.61 Å². The van der Waals surface area contributed by atoms with Crippen LogP contribution in [0.15, 0.2) is 78.0 Å². The SMILES string of the molecule is CC(C)(C)OC(=O)COc1cccc(CN(Cc2ccc(C(C)(C)C)cc2)S(=O)(=O)c2cccnc2)c1. The number of sulfonamides is 1. The quantitative estimate of drug-likeness (QED) is 0.344. The van der Waals surface area contributed by atoms with E-state index in [-0.39, 0.29) is 30.0 Å². The Bertz CT molecular complexity index is 1290. The molecule has 0 unspecified atom stereocenters. The van der Waals surface area contributed by atoms with Crippen molar-refractivity contribution in [3.8, 4) is 5.75 Å². The van der Waals surface area contributed by atoms with Crippen LogP contribution in [0.5, 0.6) is 5.75 Å². The number of nitrogens with zero attached hydrogens (tertiary/aromatic N) is 2. The van der Waals surface area contributed by atoms with Gasteiger partial charge in [-0.15, -0.1) is 0 Å². The van der Waals surface area contributed by atoms with Crippen molar-refractivity contribution >= 4 is 16.0 Å². The smallest absolute Gasteiger partial charge is 0.344 e. The number of hydrogen-bond donors (Lipinski definition) is 0. The van der Waals surface area contributed by atoms with E-state index in [0.717, 1.165) is 11.1 Å². The van der Waals surface area contributed by atoms with Gasteiger partial charge < -0.3 is 9.47 Å². The lowest BCUT2D eigenvalue weighted by Gasteiger charge is -2.24. The average Bonchev–Trinajstić information content (AvgIpc) is 2.82. The molecule has 0 saturated heterocycles. The topological polar surface area (TPSA) is 85.8 Å². The Kier molecular flexibility index (Phi) is 8.76. The third-order valence-electron chi connectivity index (χ3n) is 5.49. The Morgan fingerprint density at radius 2 is 1.57 bits per heavy atom. The van der Waals surface area contributed by atoms with Gasteiger partial charge in [0.2, 0.25) is 10.0 Å². The number of ether oxygens (including phenoxy) is 2. The molecule has 37 heavy (non-hydrogen) atoms. The van der Waals surface area contributed by atoms with Crippen molar-refractivity contribution < 1.29 is 22.7 Å². The first-order valence-electron chi connectivity index (χ1n) is 12.2. The van der Waals surface area contributed by atoms with Crippen LogP contribution in [0.2, 0.25) is 0 Å². The van der Waals surface area contributed by atoms with Gasteiger partial charge in [-0.25, -0.2) is 13.2 Å². The monoisotopic (exact) mass is 524 g/mol. The van der Waals surface area contributed by atoms with Crippen molar-refractivity contribution in [3.05, 3.63) is 89.7 Å². The Labute approximate surface area is 220 Å². The first-order chi connectivity index (χ1) is 17.2. The zero-order valence-electron chi connectivity index (χ0n) is 22.4. The molecule has 1 aromatic heterocycles. The fraction of sp³-hybridized carbons (Fsp3) is 0.379. The number of carbonyl (C=O) groups is 1. The van der Waals surface area contributed by atoms with Crippen molar-refractivity contribution in [3.63, 3.8) is 0 Å². The van der Waals surface area contributed by atoms with E-state index >= 15 is 0 Å². The van der Waals surface area contributed by atoms with Crippen LogP contribution in [0.3, 0.4) is 0 Å². The van der Waals surface area contributed by atoms with E-state index in [4.69, 9.17) is 9.47 Å². The summed E-state index contributed by atoms with van der Waals surface area (Å²) in [5, 5.41) is 0. The second-order valence-electron chi connectivity index (χ2n) is 10.9. The number of benzene rings is 2. The highest BCUT2D eigenvalue weighted by Crippen LogP contribution is 2.25. The van der Waals surface area contributed by atoms with Crippen LogP contribution in [-0.2, 0) is 38.1 Å².